The van der Waals surface area contributed by atoms with Gasteiger partial charge in [-0.15, -0.1) is 0 Å². The van der Waals surface area contributed by atoms with Crippen molar-refractivity contribution in [2.45, 2.75) is 0 Å². The molecule has 0 bridgehead atoms. The molecule has 0 saturated heterocycles. The molecule has 0 radical (unpaired) electrons. The van der Waals surface area contributed by atoms with E-state index in [0.717, 1.165) is 16.9 Å². The number of benzene rings is 2. The van der Waals surface area contributed by atoms with Gasteiger partial charge in [0.2, 0.25) is 0 Å². The fourth-order valence-corrected chi connectivity index (χ4v) is 2.27. The average Bonchev–Trinajstić information content (AvgIpc) is 2.40. The van der Waals surface area contributed by atoms with Crippen LogP contribution in [0.2, 0.25) is 0 Å². The Bertz CT molecular complexity index is 587. The Balaban J connectivity index is 2.37. The second-order valence-corrected chi connectivity index (χ2v) is 3.95. The van der Waals surface area contributed by atoms with Gasteiger partial charge in [-0.2, -0.15) is 0 Å². The van der Waals surface area contributed by atoms with Crippen LogP contribution in [0.1, 0.15) is 31.5 Å². The van der Waals surface area contributed by atoms with E-state index >= 15 is 0 Å². The molecule has 0 aromatic heterocycles. The molecule has 0 heterocycles. The summed E-state index contributed by atoms with van der Waals surface area (Å²) in [5.41, 5.74) is 3.17. The summed E-state index contributed by atoms with van der Waals surface area (Å²) < 4.78 is 5.46. The smallest absolute Gasteiger partial charge is 0.289 e. The maximum atomic E-state index is 12.3. The van der Waals surface area contributed by atoms with E-state index in [2.05, 4.69) is 0 Å². The van der Waals surface area contributed by atoms with Crippen molar-refractivity contribution < 1.29 is 9.22 Å². The molecule has 0 amide bonds. The molecule has 2 nitrogen and oxygen atoms in total. The molecular weight excluding hydrogens is 212 g/mol. The predicted molar refractivity (Wildman–Crippen MR) is 65.7 cm³/mol. The van der Waals surface area contributed by atoms with Gasteiger partial charge in [0.1, 0.15) is 0 Å². The van der Waals surface area contributed by atoms with Gasteiger partial charge in [-0.05, 0) is 12.1 Å². The van der Waals surface area contributed by atoms with Crippen LogP contribution in [0.4, 0.5) is 0 Å². The lowest BCUT2D eigenvalue weighted by Crippen LogP contribution is -2.21. The van der Waals surface area contributed by atoms with Crippen LogP contribution in [0, 0.1) is 0 Å². The first-order valence-electron chi connectivity index (χ1n) is 5.47. The molecule has 2 aromatic carbocycles. The highest BCUT2D eigenvalue weighted by Gasteiger charge is 2.33. The van der Waals surface area contributed by atoms with Crippen molar-refractivity contribution in [3.8, 4) is 0 Å². The van der Waals surface area contributed by atoms with Crippen LogP contribution in [0.15, 0.2) is 48.5 Å². The third kappa shape index (κ3) is 1.34. The quantitative estimate of drug-likeness (QED) is 0.538. The molecule has 1 aliphatic rings. The zero-order valence-corrected chi connectivity index (χ0v) is 9.44. The Labute approximate surface area is 99.2 Å². The van der Waals surface area contributed by atoms with E-state index in [4.69, 9.17) is 4.42 Å². The zero-order chi connectivity index (χ0) is 11.8. The van der Waals surface area contributed by atoms with Crippen LogP contribution >= 0.6 is 0 Å². The van der Waals surface area contributed by atoms with Crippen LogP contribution in [-0.4, -0.2) is 18.7 Å². The number of carbonyl (C=O) groups excluding carboxylic acids is 2. The highest BCUT2D eigenvalue weighted by molar-refractivity contribution is 6.28. The fraction of sp³-hybridized carbons (Fsp3) is 0.0667. The fourth-order valence-electron chi connectivity index (χ4n) is 2.27. The number of rotatable bonds is 0. The van der Waals surface area contributed by atoms with Gasteiger partial charge < -0.3 is 0 Å². The molecule has 0 aliphatic heterocycles. The van der Waals surface area contributed by atoms with Crippen molar-refractivity contribution in [3.63, 3.8) is 0 Å². The Morgan fingerprint density at radius 1 is 0.765 bits per heavy atom. The third-order valence-electron chi connectivity index (χ3n) is 3.04. The summed E-state index contributed by atoms with van der Waals surface area (Å²) >= 11 is 0. The van der Waals surface area contributed by atoms with E-state index in [1.807, 2.05) is 48.5 Å². The van der Waals surface area contributed by atoms with Gasteiger partial charge in [-0.25, -0.2) is 0 Å². The van der Waals surface area contributed by atoms with Crippen molar-refractivity contribution in [1.82, 2.24) is 0 Å². The molecule has 17 heavy (non-hydrogen) atoms. The van der Waals surface area contributed by atoms with Crippen molar-refractivity contribution >= 4 is 11.6 Å². The molecule has 3 rings (SSSR count). The van der Waals surface area contributed by atoms with Crippen molar-refractivity contribution in [2.24, 2.45) is 0 Å². The van der Waals surface area contributed by atoms with Gasteiger partial charge in [0.05, 0.1) is 11.1 Å². The Morgan fingerprint density at radius 2 is 1.18 bits per heavy atom. The highest BCUT2D eigenvalue weighted by Crippen LogP contribution is 2.27. The molecular formula is C15H11O2+. The van der Waals surface area contributed by atoms with E-state index in [1.54, 1.807) is 7.11 Å². The number of ketones is 2. The third-order valence-corrected chi connectivity index (χ3v) is 3.04. The van der Waals surface area contributed by atoms with Crippen LogP contribution in [-0.2, 0) is 0 Å². The van der Waals surface area contributed by atoms with E-state index < -0.39 is 0 Å². The minimum atomic E-state index is 0.0667. The molecule has 82 valence electrons. The summed E-state index contributed by atoms with van der Waals surface area (Å²) in [5, 5.41) is 0. The van der Waals surface area contributed by atoms with Gasteiger partial charge in [-0.3, -0.25) is 9.22 Å². The summed E-state index contributed by atoms with van der Waals surface area (Å²) in [6.07, 6.45) is 0. The second-order valence-electron chi connectivity index (χ2n) is 3.95. The Morgan fingerprint density at radius 3 is 1.59 bits per heavy atom. The van der Waals surface area contributed by atoms with E-state index in [-0.39, 0.29) is 5.78 Å². The first-order valence-corrected chi connectivity index (χ1v) is 5.47. The number of fused-ring (bicyclic) bond motifs is 2. The molecule has 0 N–H and O–H groups in total. The molecule has 2 aromatic rings. The van der Waals surface area contributed by atoms with Crippen LogP contribution in [0.25, 0.3) is 0 Å². The standard InChI is InChI=1S/C15H11O2/c1-17-15-12-8-4-2-6-10(12)14(16)11-7-3-5-9-13(11)15/h2-9H,1H3/q+1. The van der Waals surface area contributed by atoms with Gasteiger partial charge in [0.25, 0.3) is 7.11 Å². The average molecular weight is 223 g/mol. The first-order chi connectivity index (χ1) is 8.33. The molecule has 0 unspecified atom stereocenters. The Kier molecular flexibility index (Phi) is 2.15. The zero-order valence-electron chi connectivity index (χ0n) is 9.44. The Hall–Kier alpha value is -2.22. The monoisotopic (exact) mass is 223 g/mol. The number of carbonyl (C=O) groups is 1. The van der Waals surface area contributed by atoms with Crippen LogP contribution in [0.5, 0.6) is 0 Å². The summed E-state index contributed by atoms with van der Waals surface area (Å²) in [4.78, 5) is 12.3. The first kappa shape index (κ1) is 9.97. The van der Waals surface area contributed by atoms with Gasteiger partial charge >= 0.3 is 5.78 Å². The van der Waals surface area contributed by atoms with Crippen LogP contribution in [0.3, 0.4) is 0 Å². The normalized spacial score (nSPS) is 13.0. The minimum Gasteiger partial charge on any atom is -0.289 e. The summed E-state index contributed by atoms with van der Waals surface area (Å²) in [6, 6.07) is 15.1. The van der Waals surface area contributed by atoms with Crippen molar-refractivity contribution in [2.75, 3.05) is 7.11 Å². The summed E-state index contributed by atoms with van der Waals surface area (Å²) in [5.74, 6) is 0.841. The largest absolute Gasteiger partial charge is 0.358 e. The molecule has 2 heteroatoms. The van der Waals surface area contributed by atoms with Gasteiger partial charge in [0, 0.05) is 11.1 Å². The van der Waals surface area contributed by atoms with E-state index in [0.29, 0.717) is 11.1 Å². The lowest BCUT2D eigenvalue weighted by Gasteiger charge is -2.13. The predicted octanol–water partition coefficient (Wildman–Crippen LogP) is 2.63. The summed E-state index contributed by atoms with van der Waals surface area (Å²) in [6.45, 7) is 0. The summed E-state index contributed by atoms with van der Waals surface area (Å²) in [7, 11) is 1.64. The SMILES string of the molecule is C[O+]=C1c2ccccc2C(=O)c2ccccc21. The molecule has 0 fully saturated rings. The van der Waals surface area contributed by atoms with Crippen molar-refractivity contribution in [1.29, 1.82) is 0 Å². The van der Waals surface area contributed by atoms with Crippen molar-refractivity contribution in [3.05, 3.63) is 70.8 Å². The van der Waals surface area contributed by atoms with Gasteiger partial charge in [0.15, 0.2) is 5.78 Å². The molecule has 0 atom stereocenters. The number of hydrogen-bond acceptors (Lipinski definition) is 1. The highest BCUT2D eigenvalue weighted by atomic mass is 16.4. The lowest BCUT2D eigenvalue weighted by atomic mass is 9.84. The maximum Gasteiger partial charge on any atom is 0.358 e. The minimum absolute atomic E-state index is 0.0667. The van der Waals surface area contributed by atoms with E-state index in [1.165, 1.54) is 0 Å². The number of hydrogen-bond donors (Lipinski definition) is 0. The maximum absolute atomic E-state index is 12.3. The van der Waals surface area contributed by atoms with Crippen LogP contribution < -0.4 is 0 Å². The van der Waals surface area contributed by atoms with Gasteiger partial charge in [-0.1, -0.05) is 36.4 Å². The second kappa shape index (κ2) is 3.67. The molecule has 0 spiro atoms. The molecule has 0 saturated carbocycles. The molecule has 1 aliphatic carbocycles. The lowest BCUT2D eigenvalue weighted by molar-refractivity contribution is -0.222. The topological polar surface area (TPSA) is 28.4 Å². The van der Waals surface area contributed by atoms with E-state index in [9.17, 15) is 4.79 Å².